The first kappa shape index (κ1) is 18.0. The number of nitrogens with zero attached hydrogens (tertiary/aromatic N) is 3. The molecule has 0 amide bonds. The zero-order chi connectivity index (χ0) is 20.2. The smallest absolute Gasteiger partial charge is 0.0892 e. The van der Waals surface area contributed by atoms with Gasteiger partial charge >= 0.3 is 0 Å². The van der Waals surface area contributed by atoms with Crippen molar-refractivity contribution in [3.63, 3.8) is 0 Å². The van der Waals surface area contributed by atoms with Crippen LogP contribution in [0.4, 0.5) is 0 Å². The average molecular weight is 385 g/mol. The average Bonchev–Trinajstić information content (AvgIpc) is 2.85. The van der Waals surface area contributed by atoms with Crippen molar-refractivity contribution in [3.8, 4) is 44.9 Å². The molecule has 3 heteroatoms. The molecule has 3 aromatic heterocycles. The Labute approximate surface area is 175 Å². The van der Waals surface area contributed by atoms with Gasteiger partial charge in [0.1, 0.15) is 0 Å². The van der Waals surface area contributed by atoms with Gasteiger partial charge in [0.2, 0.25) is 0 Å². The summed E-state index contributed by atoms with van der Waals surface area (Å²) in [5.41, 5.74) is 8.48. The van der Waals surface area contributed by atoms with Gasteiger partial charge < -0.3 is 0 Å². The molecule has 0 saturated heterocycles. The summed E-state index contributed by atoms with van der Waals surface area (Å²) >= 11 is 0. The summed E-state index contributed by atoms with van der Waals surface area (Å²) in [5, 5.41) is 0. The lowest BCUT2D eigenvalue weighted by Gasteiger charge is -2.08. The van der Waals surface area contributed by atoms with Crippen LogP contribution in [0, 0.1) is 0 Å². The van der Waals surface area contributed by atoms with Gasteiger partial charge in [-0.3, -0.25) is 15.0 Å². The summed E-state index contributed by atoms with van der Waals surface area (Å²) in [6.45, 7) is 0. The van der Waals surface area contributed by atoms with Crippen LogP contribution in [0.5, 0.6) is 0 Å². The quantitative estimate of drug-likeness (QED) is 0.352. The van der Waals surface area contributed by atoms with Crippen molar-refractivity contribution < 1.29 is 0 Å². The van der Waals surface area contributed by atoms with Gasteiger partial charge in [-0.1, -0.05) is 54.6 Å². The van der Waals surface area contributed by atoms with Gasteiger partial charge in [0.25, 0.3) is 0 Å². The lowest BCUT2D eigenvalue weighted by molar-refractivity contribution is 1.25. The summed E-state index contributed by atoms with van der Waals surface area (Å²) in [6.07, 6.45) is 5.45. The zero-order valence-corrected chi connectivity index (χ0v) is 16.3. The highest BCUT2D eigenvalue weighted by atomic mass is 14.8. The molecule has 3 nitrogen and oxygen atoms in total. The minimum atomic E-state index is 0.875. The van der Waals surface area contributed by atoms with Crippen LogP contribution in [0.3, 0.4) is 0 Å². The first-order valence-electron chi connectivity index (χ1n) is 9.86. The van der Waals surface area contributed by atoms with E-state index in [4.69, 9.17) is 0 Å². The summed E-state index contributed by atoms with van der Waals surface area (Å²) in [5.74, 6) is 0. The Bertz CT molecular complexity index is 1160. The van der Waals surface area contributed by atoms with Crippen LogP contribution in [-0.4, -0.2) is 15.0 Å². The molecule has 0 fully saturated rings. The molecule has 0 unspecified atom stereocenters. The fourth-order valence-electron chi connectivity index (χ4n) is 3.51. The lowest BCUT2D eigenvalue weighted by Crippen LogP contribution is -1.88. The van der Waals surface area contributed by atoms with Crippen LogP contribution in [-0.2, 0) is 0 Å². The second-order valence-corrected chi connectivity index (χ2v) is 7.02. The maximum atomic E-state index is 4.47. The number of hydrogen-bond donors (Lipinski definition) is 0. The SMILES string of the molecule is c1ccc(-c2cccc(-c3ccc(-c4ccnc(-c5ccccn5)c4)cc3)c2)nc1. The minimum Gasteiger partial charge on any atom is -0.256 e. The third-order valence-electron chi connectivity index (χ3n) is 5.06. The molecule has 0 aliphatic carbocycles. The number of hydrogen-bond acceptors (Lipinski definition) is 3. The molecule has 0 atom stereocenters. The molecule has 0 N–H and O–H groups in total. The van der Waals surface area contributed by atoms with Crippen LogP contribution in [0.15, 0.2) is 116 Å². The Morgan fingerprint density at radius 2 is 0.933 bits per heavy atom. The van der Waals surface area contributed by atoms with E-state index in [1.807, 2.05) is 54.9 Å². The summed E-state index contributed by atoms with van der Waals surface area (Å²) in [4.78, 5) is 13.3. The largest absolute Gasteiger partial charge is 0.256 e. The van der Waals surface area contributed by atoms with Gasteiger partial charge in [-0.05, 0) is 64.7 Å². The molecule has 30 heavy (non-hydrogen) atoms. The highest BCUT2D eigenvalue weighted by molar-refractivity contribution is 5.75. The van der Waals surface area contributed by atoms with Crippen LogP contribution in [0.2, 0.25) is 0 Å². The van der Waals surface area contributed by atoms with E-state index >= 15 is 0 Å². The molecule has 2 aromatic carbocycles. The Morgan fingerprint density at radius 1 is 0.333 bits per heavy atom. The standard InChI is InChI=1S/C27H19N3/c1-3-15-28-25(8-1)24-7-5-6-22(18-24)20-10-12-21(13-11-20)23-14-17-30-27(19-23)26-9-2-4-16-29-26/h1-19H. The Balaban J connectivity index is 1.44. The van der Waals surface area contributed by atoms with E-state index in [1.54, 1.807) is 6.20 Å². The number of pyridine rings is 3. The molecule has 0 aliphatic rings. The second kappa shape index (κ2) is 8.10. The van der Waals surface area contributed by atoms with Gasteiger partial charge in [-0.2, -0.15) is 0 Å². The van der Waals surface area contributed by atoms with Crippen molar-refractivity contribution in [1.82, 2.24) is 15.0 Å². The van der Waals surface area contributed by atoms with E-state index in [0.29, 0.717) is 0 Å². The van der Waals surface area contributed by atoms with E-state index in [2.05, 4.69) is 69.5 Å². The zero-order valence-electron chi connectivity index (χ0n) is 16.3. The third kappa shape index (κ3) is 3.74. The van der Waals surface area contributed by atoms with E-state index in [0.717, 1.165) is 33.8 Å². The summed E-state index contributed by atoms with van der Waals surface area (Å²) in [6, 6.07) is 33.1. The van der Waals surface area contributed by atoms with Crippen molar-refractivity contribution in [1.29, 1.82) is 0 Å². The molecule has 5 rings (SSSR count). The minimum absolute atomic E-state index is 0.875. The topological polar surface area (TPSA) is 38.7 Å². The van der Waals surface area contributed by atoms with E-state index in [9.17, 15) is 0 Å². The van der Waals surface area contributed by atoms with Crippen LogP contribution < -0.4 is 0 Å². The number of benzene rings is 2. The van der Waals surface area contributed by atoms with Gasteiger partial charge in [0.05, 0.1) is 17.1 Å². The number of rotatable bonds is 4. The van der Waals surface area contributed by atoms with Crippen LogP contribution in [0.25, 0.3) is 44.9 Å². The van der Waals surface area contributed by atoms with Crippen molar-refractivity contribution in [2.45, 2.75) is 0 Å². The van der Waals surface area contributed by atoms with Gasteiger partial charge in [-0.25, -0.2) is 0 Å². The van der Waals surface area contributed by atoms with Gasteiger partial charge in [0, 0.05) is 24.2 Å². The fourth-order valence-corrected chi connectivity index (χ4v) is 3.51. The molecule has 3 heterocycles. The molecule has 0 spiro atoms. The number of aromatic nitrogens is 3. The Hall–Kier alpha value is -4.11. The Kier molecular flexibility index (Phi) is 4.84. The molecule has 0 saturated carbocycles. The van der Waals surface area contributed by atoms with E-state index < -0.39 is 0 Å². The molecular formula is C27H19N3. The molecule has 0 radical (unpaired) electrons. The first-order valence-corrected chi connectivity index (χ1v) is 9.86. The maximum Gasteiger partial charge on any atom is 0.0892 e. The fraction of sp³-hybridized carbons (Fsp3) is 0. The van der Waals surface area contributed by atoms with Crippen LogP contribution >= 0.6 is 0 Å². The second-order valence-electron chi connectivity index (χ2n) is 7.02. The van der Waals surface area contributed by atoms with Crippen LogP contribution in [0.1, 0.15) is 0 Å². The third-order valence-corrected chi connectivity index (χ3v) is 5.06. The lowest BCUT2D eigenvalue weighted by atomic mass is 9.98. The molecule has 0 bridgehead atoms. The van der Waals surface area contributed by atoms with E-state index in [-0.39, 0.29) is 0 Å². The molecule has 142 valence electrons. The predicted molar refractivity (Wildman–Crippen MR) is 122 cm³/mol. The summed E-state index contributed by atoms with van der Waals surface area (Å²) < 4.78 is 0. The highest BCUT2D eigenvalue weighted by Gasteiger charge is 2.06. The molecule has 0 aliphatic heterocycles. The summed E-state index contributed by atoms with van der Waals surface area (Å²) in [7, 11) is 0. The van der Waals surface area contributed by atoms with Gasteiger partial charge in [0.15, 0.2) is 0 Å². The predicted octanol–water partition coefficient (Wildman–Crippen LogP) is 6.54. The van der Waals surface area contributed by atoms with Gasteiger partial charge in [-0.15, -0.1) is 0 Å². The first-order chi connectivity index (χ1) is 14.9. The maximum absolute atomic E-state index is 4.47. The van der Waals surface area contributed by atoms with Crippen molar-refractivity contribution >= 4 is 0 Å². The van der Waals surface area contributed by atoms with E-state index in [1.165, 1.54) is 11.1 Å². The highest BCUT2D eigenvalue weighted by Crippen LogP contribution is 2.29. The molecular weight excluding hydrogens is 366 g/mol. The normalized spacial score (nSPS) is 10.7. The van der Waals surface area contributed by atoms with Crippen molar-refractivity contribution in [3.05, 3.63) is 116 Å². The van der Waals surface area contributed by atoms with Crippen molar-refractivity contribution in [2.24, 2.45) is 0 Å². The van der Waals surface area contributed by atoms with Crippen molar-refractivity contribution in [2.75, 3.05) is 0 Å². The Morgan fingerprint density at radius 3 is 1.60 bits per heavy atom. The monoisotopic (exact) mass is 385 g/mol. The molecule has 5 aromatic rings.